The molecule has 5 heteroatoms. The zero-order chi connectivity index (χ0) is 20.7. The molecular formula is C23H32N2O3. The highest BCUT2D eigenvalue weighted by molar-refractivity contribution is 5.87. The predicted molar refractivity (Wildman–Crippen MR) is 111 cm³/mol. The standard InChI is InChI=1S/C23H32N2O3/c1-18(2)25(22(27)23(3,4)5)17-21(26)24(16-20-12-9-15-28-20)14-13-19-10-7-6-8-11-19/h6-12,15,18H,13-14,16-17H2,1-5H3. The summed E-state index contributed by atoms with van der Waals surface area (Å²) in [5, 5.41) is 0. The van der Waals surface area contributed by atoms with Crippen LogP contribution >= 0.6 is 0 Å². The molecule has 0 radical (unpaired) electrons. The monoisotopic (exact) mass is 384 g/mol. The van der Waals surface area contributed by atoms with Crippen LogP contribution in [0.3, 0.4) is 0 Å². The molecule has 0 spiro atoms. The zero-order valence-corrected chi connectivity index (χ0v) is 17.6. The smallest absolute Gasteiger partial charge is 0.242 e. The molecule has 2 amide bonds. The fourth-order valence-electron chi connectivity index (χ4n) is 2.96. The third-order valence-corrected chi connectivity index (χ3v) is 4.62. The number of nitrogens with zero attached hydrogens (tertiary/aromatic N) is 2. The fraction of sp³-hybridized carbons (Fsp3) is 0.478. The Balaban J connectivity index is 2.13. The summed E-state index contributed by atoms with van der Waals surface area (Å²) in [5.74, 6) is 0.648. The predicted octanol–water partition coefficient (Wildman–Crippen LogP) is 4.13. The van der Waals surface area contributed by atoms with Crippen LogP contribution in [-0.2, 0) is 22.6 Å². The van der Waals surface area contributed by atoms with E-state index in [0.717, 1.165) is 12.2 Å². The Kier molecular flexibility index (Phi) is 7.44. The number of hydrogen-bond acceptors (Lipinski definition) is 3. The first-order valence-electron chi connectivity index (χ1n) is 9.83. The van der Waals surface area contributed by atoms with Crippen molar-refractivity contribution in [3.05, 3.63) is 60.1 Å². The Morgan fingerprint density at radius 1 is 1.04 bits per heavy atom. The van der Waals surface area contributed by atoms with Crippen molar-refractivity contribution in [3.63, 3.8) is 0 Å². The summed E-state index contributed by atoms with van der Waals surface area (Å²) in [5.41, 5.74) is 0.645. The summed E-state index contributed by atoms with van der Waals surface area (Å²) in [6.07, 6.45) is 2.36. The summed E-state index contributed by atoms with van der Waals surface area (Å²) in [6, 6.07) is 13.7. The third-order valence-electron chi connectivity index (χ3n) is 4.62. The Bertz CT molecular complexity index is 746. The molecule has 152 valence electrons. The molecule has 5 nitrogen and oxygen atoms in total. The number of carbonyl (C=O) groups excluding carboxylic acids is 2. The number of amides is 2. The normalized spacial score (nSPS) is 11.5. The van der Waals surface area contributed by atoms with Crippen molar-refractivity contribution in [1.29, 1.82) is 0 Å². The van der Waals surface area contributed by atoms with Gasteiger partial charge >= 0.3 is 0 Å². The molecule has 0 N–H and O–H groups in total. The van der Waals surface area contributed by atoms with Crippen LogP contribution in [0, 0.1) is 5.41 Å². The molecule has 1 aromatic heterocycles. The van der Waals surface area contributed by atoms with Gasteiger partial charge in [0.05, 0.1) is 12.8 Å². The molecule has 0 fully saturated rings. The highest BCUT2D eigenvalue weighted by Gasteiger charge is 2.31. The average Bonchev–Trinajstić information content (AvgIpc) is 3.15. The molecule has 1 aromatic carbocycles. The van der Waals surface area contributed by atoms with Crippen LogP contribution in [0.4, 0.5) is 0 Å². The minimum Gasteiger partial charge on any atom is -0.467 e. The maximum absolute atomic E-state index is 13.1. The van der Waals surface area contributed by atoms with Crippen LogP contribution in [0.2, 0.25) is 0 Å². The Morgan fingerprint density at radius 3 is 2.25 bits per heavy atom. The molecule has 1 heterocycles. The van der Waals surface area contributed by atoms with Crippen LogP contribution in [0.25, 0.3) is 0 Å². The van der Waals surface area contributed by atoms with Crippen molar-refractivity contribution < 1.29 is 14.0 Å². The van der Waals surface area contributed by atoms with Gasteiger partial charge in [-0.3, -0.25) is 9.59 Å². The lowest BCUT2D eigenvalue weighted by Gasteiger charge is -2.34. The molecule has 0 bridgehead atoms. The first-order chi connectivity index (χ1) is 13.2. The van der Waals surface area contributed by atoms with E-state index in [9.17, 15) is 9.59 Å². The second kappa shape index (κ2) is 9.58. The third kappa shape index (κ3) is 6.25. The van der Waals surface area contributed by atoms with E-state index >= 15 is 0 Å². The highest BCUT2D eigenvalue weighted by atomic mass is 16.3. The van der Waals surface area contributed by atoms with Crippen molar-refractivity contribution in [3.8, 4) is 0 Å². The number of rotatable bonds is 8. The maximum Gasteiger partial charge on any atom is 0.242 e. The molecule has 0 aliphatic rings. The Morgan fingerprint density at radius 2 is 1.71 bits per heavy atom. The minimum absolute atomic E-state index is 0.0168. The van der Waals surface area contributed by atoms with Crippen LogP contribution in [-0.4, -0.2) is 40.7 Å². The largest absolute Gasteiger partial charge is 0.467 e. The van der Waals surface area contributed by atoms with Gasteiger partial charge in [-0.1, -0.05) is 51.1 Å². The summed E-state index contributed by atoms with van der Waals surface area (Å²) < 4.78 is 5.45. The van der Waals surface area contributed by atoms with Gasteiger partial charge in [0.2, 0.25) is 11.8 Å². The van der Waals surface area contributed by atoms with Gasteiger partial charge in [-0.05, 0) is 38.0 Å². The summed E-state index contributed by atoms with van der Waals surface area (Å²) in [7, 11) is 0. The second-order valence-corrected chi connectivity index (χ2v) is 8.41. The summed E-state index contributed by atoms with van der Waals surface area (Å²) in [4.78, 5) is 29.4. The number of carbonyl (C=O) groups is 2. The van der Waals surface area contributed by atoms with Crippen LogP contribution in [0.5, 0.6) is 0 Å². The van der Waals surface area contributed by atoms with Crippen molar-refractivity contribution in [1.82, 2.24) is 9.80 Å². The van der Waals surface area contributed by atoms with Gasteiger partial charge in [0.15, 0.2) is 0 Å². The van der Waals surface area contributed by atoms with Crippen molar-refractivity contribution in [2.24, 2.45) is 5.41 Å². The topological polar surface area (TPSA) is 53.8 Å². The van der Waals surface area contributed by atoms with Crippen LogP contribution in [0.1, 0.15) is 45.9 Å². The van der Waals surface area contributed by atoms with E-state index in [0.29, 0.717) is 13.1 Å². The molecule has 28 heavy (non-hydrogen) atoms. The molecule has 0 saturated carbocycles. The summed E-state index contributed by atoms with van der Waals surface area (Å²) in [6.45, 7) is 10.6. The maximum atomic E-state index is 13.1. The molecule has 2 rings (SSSR count). The molecule has 0 saturated heterocycles. The lowest BCUT2D eigenvalue weighted by Crippen LogP contribution is -2.49. The van der Waals surface area contributed by atoms with Gasteiger partial charge in [-0.25, -0.2) is 0 Å². The first kappa shape index (κ1) is 21.7. The number of benzene rings is 1. The van der Waals surface area contributed by atoms with Crippen LogP contribution < -0.4 is 0 Å². The van der Waals surface area contributed by atoms with Crippen molar-refractivity contribution in [2.75, 3.05) is 13.1 Å². The summed E-state index contributed by atoms with van der Waals surface area (Å²) >= 11 is 0. The Hall–Kier alpha value is -2.56. The molecule has 0 aliphatic carbocycles. The highest BCUT2D eigenvalue weighted by Crippen LogP contribution is 2.19. The van der Waals surface area contributed by atoms with E-state index in [1.165, 1.54) is 5.56 Å². The number of hydrogen-bond donors (Lipinski definition) is 0. The first-order valence-corrected chi connectivity index (χ1v) is 9.83. The number of furan rings is 1. The van der Waals surface area contributed by atoms with Gasteiger partial charge in [0.1, 0.15) is 12.3 Å². The zero-order valence-electron chi connectivity index (χ0n) is 17.6. The van der Waals surface area contributed by atoms with E-state index in [2.05, 4.69) is 12.1 Å². The lowest BCUT2D eigenvalue weighted by atomic mass is 9.94. The fourth-order valence-corrected chi connectivity index (χ4v) is 2.96. The van der Waals surface area contributed by atoms with Gasteiger partial charge < -0.3 is 14.2 Å². The van der Waals surface area contributed by atoms with Gasteiger partial charge in [-0.15, -0.1) is 0 Å². The van der Waals surface area contributed by atoms with Crippen molar-refractivity contribution in [2.45, 2.75) is 53.6 Å². The van der Waals surface area contributed by atoms with E-state index in [-0.39, 0.29) is 24.4 Å². The van der Waals surface area contributed by atoms with Gasteiger partial charge in [-0.2, -0.15) is 0 Å². The van der Waals surface area contributed by atoms with Crippen LogP contribution in [0.15, 0.2) is 53.1 Å². The van der Waals surface area contributed by atoms with E-state index in [1.807, 2.05) is 65.0 Å². The quantitative estimate of drug-likeness (QED) is 0.687. The average molecular weight is 385 g/mol. The Labute approximate surface area is 168 Å². The van der Waals surface area contributed by atoms with E-state index < -0.39 is 5.41 Å². The van der Waals surface area contributed by atoms with Gasteiger partial charge in [0, 0.05) is 18.0 Å². The minimum atomic E-state index is -0.527. The SMILES string of the molecule is CC(C)N(CC(=O)N(CCc1ccccc1)Cc1ccco1)C(=O)C(C)(C)C. The molecule has 0 aliphatic heterocycles. The molecular weight excluding hydrogens is 352 g/mol. The van der Waals surface area contributed by atoms with Crippen molar-refractivity contribution >= 4 is 11.8 Å². The van der Waals surface area contributed by atoms with E-state index in [1.54, 1.807) is 16.1 Å². The van der Waals surface area contributed by atoms with Gasteiger partial charge in [0.25, 0.3) is 0 Å². The lowest BCUT2D eigenvalue weighted by molar-refractivity contribution is -0.147. The molecule has 0 atom stereocenters. The second-order valence-electron chi connectivity index (χ2n) is 8.41. The van der Waals surface area contributed by atoms with E-state index in [4.69, 9.17) is 4.42 Å². The molecule has 0 unspecified atom stereocenters. The molecule has 2 aromatic rings.